The summed E-state index contributed by atoms with van der Waals surface area (Å²) in [7, 11) is 0. The highest BCUT2D eigenvalue weighted by Crippen LogP contribution is 2.11. The van der Waals surface area contributed by atoms with Crippen LogP contribution in [0.15, 0.2) is 12.3 Å². The average Bonchev–Trinajstić information content (AvgIpc) is 2.50. The highest BCUT2D eigenvalue weighted by molar-refractivity contribution is 5.85. The Labute approximate surface area is 70.8 Å². The molecule has 4 heteroatoms. The molecule has 66 valence electrons. The van der Waals surface area contributed by atoms with E-state index in [1.807, 2.05) is 13.8 Å². The van der Waals surface area contributed by atoms with Crippen LogP contribution < -0.4 is 0 Å². The number of carboxylic acid groups (broad SMARTS) is 1. The van der Waals surface area contributed by atoms with Crippen LogP contribution in [0.4, 0.5) is 0 Å². The normalized spacial score (nSPS) is 12.8. The second-order valence-electron chi connectivity index (χ2n) is 2.72. The Morgan fingerprint density at radius 1 is 1.83 bits per heavy atom. The summed E-state index contributed by atoms with van der Waals surface area (Å²) >= 11 is 0. The fourth-order valence-corrected chi connectivity index (χ4v) is 1.01. The minimum atomic E-state index is -0.923. The molecule has 0 aliphatic carbocycles. The molecule has 1 aromatic rings. The molecule has 0 saturated heterocycles. The van der Waals surface area contributed by atoms with E-state index in [1.54, 1.807) is 0 Å². The number of aromatic nitrogens is 2. The highest BCUT2D eigenvalue weighted by Gasteiger charge is 2.13. The standard InChI is InChI=1S/C8H12N2O2/c1-3-6(2)10-7(8(11)12)4-5-9-10/h4-6H,3H2,1-2H3,(H,11,12)/t6-/m1/s1. The van der Waals surface area contributed by atoms with Gasteiger partial charge in [0.25, 0.3) is 0 Å². The van der Waals surface area contributed by atoms with Gasteiger partial charge in [0.2, 0.25) is 0 Å². The molecule has 0 aliphatic heterocycles. The van der Waals surface area contributed by atoms with E-state index in [4.69, 9.17) is 5.11 Å². The minimum Gasteiger partial charge on any atom is -0.477 e. The molecule has 0 fully saturated rings. The van der Waals surface area contributed by atoms with Gasteiger partial charge in [-0.2, -0.15) is 5.10 Å². The number of hydrogen-bond acceptors (Lipinski definition) is 2. The summed E-state index contributed by atoms with van der Waals surface area (Å²) in [6, 6.07) is 1.65. The van der Waals surface area contributed by atoms with Gasteiger partial charge in [-0.1, -0.05) is 6.92 Å². The van der Waals surface area contributed by atoms with E-state index in [0.717, 1.165) is 6.42 Å². The SMILES string of the molecule is CC[C@@H](C)n1nccc1C(=O)O. The lowest BCUT2D eigenvalue weighted by molar-refractivity contribution is 0.0680. The van der Waals surface area contributed by atoms with Crippen LogP contribution >= 0.6 is 0 Å². The second kappa shape index (κ2) is 3.38. The van der Waals surface area contributed by atoms with Crippen molar-refractivity contribution in [3.63, 3.8) is 0 Å². The molecule has 0 spiro atoms. The highest BCUT2D eigenvalue weighted by atomic mass is 16.4. The Hall–Kier alpha value is -1.32. The summed E-state index contributed by atoms with van der Waals surface area (Å²) < 4.78 is 1.53. The molecule has 0 unspecified atom stereocenters. The molecule has 1 aromatic heterocycles. The first-order valence-corrected chi connectivity index (χ1v) is 3.93. The van der Waals surface area contributed by atoms with E-state index in [2.05, 4.69) is 5.10 Å². The summed E-state index contributed by atoms with van der Waals surface area (Å²) in [5.41, 5.74) is 0.254. The molecule has 1 rings (SSSR count). The van der Waals surface area contributed by atoms with Gasteiger partial charge in [0.1, 0.15) is 5.69 Å². The van der Waals surface area contributed by atoms with Gasteiger partial charge in [0, 0.05) is 12.2 Å². The van der Waals surface area contributed by atoms with Crippen molar-refractivity contribution in [2.24, 2.45) is 0 Å². The van der Waals surface area contributed by atoms with E-state index >= 15 is 0 Å². The molecule has 1 atom stereocenters. The third-order valence-corrected chi connectivity index (χ3v) is 1.90. The molecular formula is C8H12N2O2. The summed E-state index contributed by atoms with van der Waals surface area (Å²) in [5.74, 6) is -0.923. The zero-order valence-corrected chi connectivity index (χ0v) is 7.19. The van der Waals surface area contributed by atoms with Crippen LogP contribution in [0.5, 0.6) is 0 Å². The Balaban J connectivity index is 2.98. The topological polar surface area (TPSA) is 55.1 Å². The first kappa shape index (κ1) is 8.77. The number of nitrogens with zero attached hydrogens (tertiary/aromatic N) is 2. The summed E-state index contributed by atoms with van der Waals surface area (Å²) in [5, 5.41) is 12.7. The lowest BCUT2D eigenvalue weighted by Crippen LogP contribution is -2.13. The minimum absolute atomic E-state index is 0.145. The maximum absolute atomic E-state index is 10.6. The monoisotopic (exact) mass is 168 g/mol. The van der Waals surface area contributed by atoms with E-state index in [9.17, 15) is 4.79 Å². The van der Waals surface area contributed by atoms with Crippen molar-refractivity contribution in [2.45, 2.75) is 26.3 Å². The van der Waals surface area contributed by atoms with Crippen molar-refractivity contribution in [3.05, 3.63) is 18.0 Å². The van der Waals surface area contributed by atoms with Crippen LogP contribution in [0.3, 0.4) is 0 Å². The Morgan fingerprint density at radius 3 is 3.00 bits per heavy atom. The smallest absolute Gasteiger partial charge is 0.354 e. The second-order valence-corrected chi connectivity index (χ2v) is 2.72. The fraction of sp³-hybridized carbons (Fsp3) is 0.500. The maximum atomic E-state index is 10.6. The zero-order chi connectivity index (χ0) is 9.14. The number of hydrogen-bond donors (Lipinski definition) is 1. The average molecular weight is 168 g/mol. The molecule has 0 amide bonds. The fourth-order valence-electron chi connectivity index (χ4n) is 1.01. The molecule has 0 aromatic carbocycles. The first-order valence-electron chi connectivity index (χ1n) is 3.93. The van der Waals surface area contributed by atoms with Crippen LogP contribution in [0.25, 0.3) is 0 Å². The molecule has 12 heavy (non-hydrogen) atoms. The van der Waals surface area contributed by atoms with Crippen molar-refractivity contribution in [1.82, 2.24) is 9.78 Å². The lowest BCUT2D eigenvalue weighted by atomic mass is 10.2. The third kappa shape index (κ3) is 1.47. The van der Waals surface area contributed by atoms with Gasteiger partial charge in [-0.05, 0) is 19.4 Å². The molecular weight excluding hydrogens is 156 g/mol. The van der Waals surface area contributed by atoms with Crippen molar-refractivity contribution >= 4 is 5.97 Å². The van der Waals surface area contributed by atoms with Crippen LogP contribution in [0.1, 0.15) is 36.8 Å². The van der Waals surface area contributed by atoms with Gasteiger partial charge >= 0.3 is 5.97 Å². The number of rotatable bonds is 3. The molecule has 0 radical (unpaired) electrons. The van der Waals surface area contributed by atoms with Crippen molar-refractivity contribution in [2.75, 3.05) is 0 Å². The Bertz CT molecular complexity index is 280. The van der Waals surface area contributed by atoms with Crippen LogP contribution in [0.2, 0.25) is 0 Å². The maximum Gasteiger partial charge on any atom is 0.354 e. The number of carbonyl (C=O) groups is 1. The largest absolute Gasteiger partial charge is 0.477 e. The van der Waals surface area contributed by atoms with Gasteiger partial charge in [0.15, 0.2) is 0 Å². The van der Waals surface area contributed by atoms with Crippen LogP contribution in [-0.4, -0.2) is 20.9 Å². The molecule has 0 aliphatic rings. The summed E-state index contributed by atoms with van der Waals surface area (Å²) in [4.78, 5) is 10.6. The summed E-state index contributed by atoms with van der Waals surface area (Å²) in [6.07, 6.45) is 2.39. The van der Waals surface area contributed by atoms with E-state index in [0.29, 0.717) is 0 Å². The quantitative estimate of drug-likeness (QED) is 0.745. The number of aromatic carboxylic acids is 1. The zero-order valence-electron chi connectivity index (χ0n) is 7.19. The predicted molar refractivity (Wildman–Crippen MR) is 44.2 cm³/mol. The Kier molecular flexibility index (Phi) is 2.47. The van der Waals surface area contributed by atoms with E-state index < -0.39 is 5.97 Å². The molecule has 0 saturated carbocycles. The van der Waals surface area contributed by atoms with Crippen molar-refractivity contribution < 1.29 is 9.90 Å². The van der Waals surface area contributed by atoms with Crippen LogP contribution in [0, 0.1) is 0 Å². The third-order valence-electron chi connectivity index (χ3n) is 1.90. The van der Waals surface area contributed by atoms with Gasteiger partial charge in [0.05, 0.1) is 0 Å². The van der Waals surface area contributed by atoms with Gasteiger partial charge < -0.3 is 5.11 Å². The lowest BCUT2D eigenvalue weighted by Gasteiger charge is -2.10. The van der Waals surface area contributed by atoms with Crippen molar-refractivity contribution in [3.8, 4) is 0 Å². The summed E-state index contributed by atoms with van der Waals surface area (Å²) in [6.45, 7) is 3.94. The van der Waals surface area contributed by atoms with E-state index in [1.165, 1.54) is 16.9 Å². The van der Waals surface area contributed by atoms with Crippen LogP contribution in [-0.2, 0) is 0 Å². The van der Waals surface area contributed by atoms with Crippen molar-refractivity contribution in [1.29, 1.82) is 0 Å². The van der Waals surface area contributed by atoms with Gasteiger partial charge in [-0.3, -0.25) is 4.68 Å². The number of carboxylic acids is 1. The first-order chi connectivity index (χ1) is 5.66. The Morgan fingerprint density at radius 2 is 2.50 bits per heavy atom. The van der Waals surface area contributed by atoms with Gasteiger partial charge in [-0.25, -0.2) is 4.79 Å². The molecule has 1 N–H and O–H groups in total. The molecule has 1 heterocycles. The van der Waals surface area contributed by atoms with E-state index in [-0.39, 0.29) is 11.7 Å². The van der Waals surface area contributed by atoms with Gasteiger partial charge in [-0.15, -0.1) is 0 Å². The predicted octanol–water partition coefficient (Wildman–Crippen LogP) is 1.55. The molecule has 4 nitrogen and oxygen atoms in total. The molecule has 0 bridgehead atoms.